The molecule has 0 unspecified atom stereocenters. The summed E-state index contributed by atoms with van der Waals surface area (Å²) in [7, 11) is 0. The lowest BCUT2D eigenvalue weighted by Gasteiger charge is -2.11. The van der Waals surface area contributed by atoms with Crippen molar-refractivity contribution in [2.24, 2.45) is 0 Å². The molecule has 4 rings (SSSR count). The molecule has 0 atom stereocenters. The molecule has 0 amide bonds. The molecule has 0 aliphatic carbocycles. The van der Waals surface area contributed by atoms with Gasteiger partial charge < -0.3 is 4.74 Å². The zero-order valence-corrected chi connectivity index (χ0v) is 15.3. The summed E-state index contributed by atoms with van der Waals surface area (Å²) in [5.74, 6) is 2.41. The second-order valence-corrected chi connectivity index (χ2v) is 6.21. The largest absolute Gasteiger partial charge is 0.494 e. The van der Waals surface area contributed by atoms with Crippen molar-refractivity contribution in [1.82, 2.24) is 19.7 Å². The van der Waals surface area contributed by atoms with Crippen LogP contribution in [0.3, 0.4) is 0 Å². The Kier molecular flexibility index (Phi) is 4.66. The Balaban J connectivity index is 1.87. The molecule has 0 saturated carbocycles. The third kappa shape index (κ3) is 3.44. The second kappa shape index (κ2) is 7.41. The van der Waals surface area contributed by atoms with Gasteiger partial charge in [-0.2, -0.15) is 0 Å². The molecule has 5 heteroatoms. The average Bonchev–Trinajstić information content (AvgIpc) is 3.15. The Bertz CT molecular complexity index is 1020. The van der Waals surface area contributed by atoms with E-state index < -0.39 is 0 Å². The molecule has 0 bridgehead atoms. The third-order valence-electron chi connectivity index (χ3n) is 4.32. The van der Waals surface area contributed by atoms with Crippen LogP contribution in [0, 0.1) is 6.92 Å². The average molecular weight is 356 g/mol. The van der Waals surface area contributed by atoms with Gasteiger partial charge in [0.25, 0.3) is 0 Å². The highest BCUT2D eigenvalue weighted by Crippen LogP contribution is 2.29. The van der Waals surface area contributed by atoms with Crippen molar-refractivity contribution in [3.63, 3.8) is 0 Å². The molecule has 0 N–H and O–H groups in total. The van der Waals surface area contributed by atoms with Crippen molar-refractivity contribution in [3.8, 4) is 34.2 Å². The number of pyridine rings is 1. The Labute approximate surface area is 158 Å². The van der Waals surface area contributed by atoms with Gasteiger partial charge in [-0.15, -0.1) is 10.2 Å². The fourth-order valence-corrected chi connectivity index (χ4v) is 2.96. The number of aryl methyl sites for hydroxylation is 1. The minimum Gasteiger partial charge on any atom is -0.494 e. The second-order valence-electron chi connectivity index (χ2n) is 6.21. The van der Waals surface area contributed by atoms with E-state index in [4.69, 9.17) is 4.74 Å². The van der Waals surface area contributed by atoms with Crippen molar-refractivity contribution in [1.29, 1.82) is 0 Å². The minimum absolute atomic E-state index is 0.644. The lowest BCUT2D eigenvalue weighted by molar-refractivity contribution is 0.340. The van der Waals surface area contributed by atoms with Crippen molar-refractivity contribution < 1.29 is 4.74 Å². The van der Waals surface area contributed by atoms with Crippen molar-refractivity contribution in [2.45, 2.75) is 13.8 Å². The zero-order chi connectivity index (χ0) is 18.6. The van der Waals surface area contributed by atoms with Gasteiger partial charge in [0, 0.05) is 29.2 Å². The van der Waals surface area contributed by atoms with Crippen molar-refractivity contribution in [3.05, 3.63) is 78.6 Å². The van der Waals surface area contributed by atoms with Crippen molar-refractivity contribution in [2.75, 3.05) is 6.61 Å². The lowest BCUT2D eigenvalue weighted by atomic mass is 10.1. The van der Waals surface area contributed by atoms with Crippen LogP contribution in [0.1, 0.15) is 12.5 Å². The van der Waals surface area contributed by atoms with Gasteiger partial charge in [0.1, 0.15) is 5.75 Å². The van der Waals surface area contributed by atoms with Gasteiger partial charge in [-0.05, 0) is 62.4 Å². The van der Waals surface area contributed by atoms with E-state index in [1.54, 1.807) is 12.4 Å². The summed E-state index contributed by atoms with van der Waals surface area (Å²) in [6, 6.07) is 20.2. The molecule has 27 heavy (non-hydrogen) atoms. The third-order valence-corrected chi connectivity index (χ3v) is 4.32. The first-order chi connectivity index (χ1) is 13.3. The smallest absolute Gasteiger partial charge is 0.168 e. The van der Waals surface area contributed by atoms with E-state index in [9.17, 15) is 0 Å². The van der Waals surface area contributed by atoms with Crippen LogP contribution in [-0.4, -0.2) is 26.4 Å². The van der Waals surface area contributed by atoms with Crippen LogP contribution >= 0.6 is 0 Å². The maximum Gasteiger partial charge on any atom is 0.168 e. The summed E-state index contributed by atoms with van der Waals surface area (Å²) in [4.78, 5) is 4.11. The number of benzene rings is 2. The van der Waals surface area contributed by atoms with Crippen LogP contribution in [0.2, 0.25) is 0 Å². The maximum atomic E-state index is 5.55. The molecular formula is C22H20N4O. The Morgan fingerprint density at radius 1 is 0.778 bits per heavy atom. The predicted octanol–water partition coefficient (Wildman–Crippen LogP) is 4.70. The molecule has 0 radical (unpaired) electrons. The van der Waals surface area contributed by atoms with E-state index in [1.165, 1.54) is 5.56 Å². The van der Waals surface area contributed by atoms with Crippen LogP contribution in [-0.2, 0) is 0 Å². The van der Waals surface area contributed by atoms with E-state index in [0.717, 1.165) is 34.2 Å². The van der Waals surface area contributed by atoms with Crippen LogP contribution in [0.5, 0.6) is 5.75 Å². The Morgan fingerprint density at radius 3 is 1.96 bits per heavy atom. The highest BCUT2D eigenvalue weighted by atomic mass is 16.5. The highest BCUT2D eigenvalue weighted by Gasteiger charge is 2.17. The molecule has 2 heterocycles. The van der Waals surface area contributed by atoms with E-state index in [0.29, 0.717) is 6.61 Å². The summed E-state index contributed by atoms with van der Waals surface area (Å²) in [6.45, 7) is 4.70. The van der Waals surface area contributed by atoms with Gasteiger partial charge in [-0.25, -0.2) is 0 Å². The summed E-state index contributed by atoms with van der Waals surface area (Å²) in [6.07, 6.45) is 3.53. The molecule has 0 fully saturated rings. The molecule has 134 valence electrons. The Hall–Kier alpha value is -3.47. The molecule has 0 aliphatic heterocycles. The number of hydrogen-bond acceptors (Lipinski definition) is 4. The maximum absolute atomic E-state index is 5.55. The number of hydrogen-bond donors (Lipinski definition) is 0. The van der Waals surface area contributed by atoms with E-state index in [2.05, 4.69) is 50.9 Å². The highest BCUT2D eigenvalue weighted by molar-refractivity contribution is 5.66. The lowest BCUT2D eigenvalue weighted by Crippen LogP contribution is -2.00. The fraction of sp³-hybridized carbons (Fsp3) is 0.136. The molecule has 2 aromatic carbocycles. The molecule has 5 nitrogen and oxygen atoms in total. The topological polar surface area (TPSA) is 52.8 Å². The summed E-state index contributed by atoms with van der Waals surface area (Å²) in [5.41, 5.74) is 4.17. The molecule has 2 aromatic heterocycles. The first kappa shape index (κ1) is 17.0. The fourth-order valence-electron chi connectivity index (χ4n) is 2.96. The molecular weight excluding hydrogens is 336 g/mol. The molecule has 0 saturated heterocycles. The molecule has 0 aliphatic rings. The summed E-state index contributed by atoms with van der Waals surface area (Å²) < 4.78 is 7.62. The first-order valence-corrected chi connectivity index (χ1v) is 8.92. The number of ether oxygens (including phenoxy) is 1. The van der Waals surface area contributed by atoms with E-state index >= 15 is 0 Å². The number of aromatic nitrogens is 4. The van der Waals surface area contributed by atoms with E-state index in [-0.39, 0.29) is 0 Å². The molecule has 4 aromatic rings. The SMILES string of the molecule is CCOc1ccc(-c2nnc(-c3ccncc3)n2-c2ccc(C)cc2)cc1. The molecule has 0 spiro atoms. The van der Waals surface area contributed by atoms with Gasteiger partial charge >= 0.3 is 0 Å². The minimum atomic E-state index is 0.644. The number of rotatable bonds is 5. The monoisotopic (exact) mass is 356 g/mol. The standard InChI is InChI=1S/C22H20N4O/c1-3-27-20-10-6-17(7-11-20)21-24-25-22(18-12-14-23-15-13-18)26(21)19-8-4-16(2)5-9-19/h4-15H,3H2,1-2H3. The van der Waals surface area contributed by atoms with Gasteiger partial charge in [-0.1, -0.05) is 17.7 Å². The first-order valence-electron chi connectivity index (χ1n) is 8.92. The predicted molar refractivity (Wildman–Crippen MR) is 106 cm³/mol. The van der Waals surface area contributed by atoms with Gasteiger partial charge in [0.2, 0.25) is 0 Å². The van der Waals surface area contributed by atoms with Crippen LogP contribution < -0.4 is 4.74 Å². The van der Waals surface area contributed by atoms with Gasteiger partial charge in [0.05, 0.1) is 6.61 Å². The van der Waals surface area contributed by atoms with Crippen LogP contribution in [0.25, 0.3) is 28.5 Å². The van der Waals surface area contributed by atoms with Gasteiger partial charge in [-0.3, -0.25) is 9.55 Å². The van der Waals surface area contributed by atoms with E-state index in [1.807, 2.05) is 43.3 Å². The normalized spacial score (nSPS) is 10.7. The summed E-state index contributed by atoms with van der Waals surface area (Å²) in [5, 5.41) is 8.96. The van der Waals surface area contributed by atoms with Crippen LogP contribution in [0.15, 0.2) is 73.1 Å². The zero-order valence-electron chi connectivity index (χ0n) is 15.3. The van der Waals surface area contributed by atoms with Gasteiger partial charge in [0.15, 0.2) is 11.6 Å². The quantitative estimate of drug-likeness (QED) is 0.520. The summed E-state index contributed by atoms with van der Waals surface area (Å²) >= 11 is 0. The van der Waals surface area contributed by atoms with Crippen LogP contribution in [0.4, 0.5) is 0 Å². The van der Waals surface area contributed by atoms with Crippen molar-refractivity contribution >= 4 is 0 Å². The number of nitrogens with zero attached hydrogens (tertiary/aromatic N) is 4. The Morgan fingerprint density at radius 2 is 1.37 bits per heavy atom.